The number of ether oxygens (including phenoxy) is 1. The number of aliphatic hydroxyl groups is 1. The first-order valence-corrected chi connectivity index (χ1v) is 13.2. The maximum Gasteiger partial charge on any atom is 0.263 e. The Labute approximate surface area is 220 Å². The monoisotopic (exact) mass is 542 g/mol. The van der Waals surface area contributed by atoms with Crippen molar-refractivity contribution in [3.63, 3.8) is 0 Å². The number of nitrogens with zero attached hydrogens (tertiary/aromatic N) is 2. The molecule has 194 valence electrons. The number of fused-ring (bicyclic) bond motifs is 1. The van der Waals surface area contributed by atoms with Crippen LogP contribution in [0.25, 0.3) is 10.9 Å². The van der Waals surface area contributed by atoms with Gasteiger partial charge >= 0.3 is 0 Å². The van der Waals surface area contributed by atoms with Crippen molar-refractivity contribution in [1.29, 1.82) is 0 Å². The van der Waals surface area contributed by atoms with E-state index in [1.807, 2.05) is 30.3 Å². The summed E-state index contributed by atoms with van der Waals surface area (Å²) < 4.78 is 35.9. The largest absolute Gasteiger partial charge is 0.496 e. The lowest BCUT2D eigenvalue weighted by atomic mass is 10.1. The zero-order valence-corrected chi connectivity index (χ0v) is 22.1. The standard InChI is InChI=1S/C26H27ClN4O5S/c1-26(2,33)25(32)28-15-17-7-4-8-18(13-17)16-31-21-11-6-12-22(36-3)23(21)24(29-31)30-37(34,35)20-10-5-9-19(27)14-20/h4-14,33H,15-16H2,1-3H3,(H,28,32)(H,29,30). The van der Waals surface area contributed by atoms with Crippen LogP contribution in [0, 0.1) is 0 Å². The Kier molecular flexibility index (Phi) is 7.44. The molecule has 4 aromatic rings. The SMILES string of the molecule is COc1cccc2c1c(NS(=O)(=O)c1cccc(Cl)c1)nn2Cc1cccc(CNC(=O)C(C)(C)O)c1. The first-order valence-electron chi connectivity index (χ1n) is 11.4. The van der Waals surface area contributed by atoms with Crippen LogP contribution < -0.4 is 14.8 Å². The summed E-state index contributed by atoms with van der Waals surface area (Å²) in [5, 5.41) is 17.9. The zero-order valence-electron chi connectivity index (χ0n) is 20.5. The number of sulfonamides is 1. The van der Waals surface area contributed by atoms with Gasteiger partial charge in [-0.25, -0.2) is 8.42 Å². The number of aromatic nitrogens is 2. The van der Waals surface area contributed by atoms with Crippen LogP contribution in [0.1, 0.15) is 25.0 Å². The van der Waals surface area contributed by atoms with Gasteiger partial charge in [-0.15, -0.1) is 0 Å². The maximum absolute atomic E-state index is 13.1. The Morgan fingerprint density at radius 1 is 1.08 bits per heavy atom. The van der Waals surface area contributed by atoms with Crippen molar-refractivity contribution in [2.75, 3.05) is 11.8 Å². The van der Waals surface area contributed by atoms with Gasteiger partial charge in [-0.1, -0.05) is 48.0 Å². The first-order chi connectivity index (χ1) is 17.5. The number of rotatable bonds is 9. The minimum atomic E-state index is -3.97. The summed E-state index contributed by atoms with van der Waals surface area (Å²) in [4.78, 5) is 12.0. The van der Waals surface area contributed by atoms with Gasteiger partial charge in [0.2, 0.25) is 0 Å². The number of nitrogens with one attached hydrogen (secondary N) is 2. The Morgan fingerprint density at radius 3 is 2.49 bits per heavy atom. The van der Waals surface area contributed by atoms with Crippen LogP contribution in [-0.2, 0) is 27.9 Å². The highest BCUT2D eigenvalue weighted by atomic mass is 35.5. The van der Waals surface area contributed by atoms with Crippen molar-refractivity contribution < 1.29 is 23.1 Å². The smallest absolute Gasteiger partial charge is 0.263 e. The Morgan fingerprint density at radius 2 is 1.78 bits per heavy atom. The van der Waals surface area contributed by atoms with E-state index in [9.17, 15) is 18.3 Å². The predicted octanol–water partition coefficient (Wildman–Crippen LogP) is 3.93. The molecular weight excluding hydrogens is 516 g/mol. The molecule has 0 atom stereocenters. The van der Waals surface area contributed by atoms with Crippen molar-refractivity contribution in [2.45, 2.75) is 37.4 Å². The molecule has 3 aromatic carbocycles. The van der Waals surface area contributed by atoms with Gasteiger partial charge in [-0.05, 0) is 55.3 Å². The number of halogens is 1. The van der Waals surface area contributed by atoms with Crippen molar-refractivity contribution in [2.24, 2.45) is 0 Å². The van der Waals surface area contributed by atoms with E-state index >= 15 is 0 Å². The third kappa shape index (κ3) is 6.04. The molecule has 1 heterocycles. The number of amides is 1. The fourth-order valence-corrected chi connectivity index (χ4v) is 5.10. The van der Waals surface area contributed by atoms with Crippen molar-refractivity contribution in [1.82, 2.24) is 15.1 Å². The van der Waals surface area contributed by atoms with E-state index in [0.717, 1.165) is 11.1 Å². The molecule has 4 rings (SSSR count). The summed E-state index contributed by atoms with van der Waals surface area (Å²) in [6, 6.07) is 18.9. The lowest BCUT2D eigenvalue weighted by molar-refractivity contribution is -0.136. The molecule has 1 aromatic heterocycles. The lowest BCUT2D eigenvalue weighted by Gasteiger charge is -2.16. The molecule has 0 aliphatic heterocycles. The summed E-state index contributed by atoms with van der Waals surface area (Å²) in [5.74, 6) is 0.122. The van der Waals surface area contributed by atoms with Gasteiger partial charge in [-0.2, -0.15) is 5.10 Å². The zero-order chi connectivity index (χ0) is 26.8. The Hall–Kier alpha value is -3.60. The van der Waals surface area contributed by atoms with Gasteiger partial charge < -0.3 is 15.2 Å². The summed E-state index contributed by atoms with van der Waals surface area (Å²) in [6.07, 6.45) is 0. The highest BCUT2D eigenvalue weighted by molar-refractivity contribution is 7.92. The Balaban J connectivity index is 1.66. The minimum Gasteiger partial charge on any atom is -0.496 e. The third-order valence-electron chi connectivity index (χ3n) is 5.63. The van der Waals surface area contributed by atoms with E-state index in [-0.39, 0.29) is 17.3 Å². The molecule has 0 fully saturated rings. The van der Waals surface area contributed by atoms with Crippen LogP contribution in [-0.4, -0.2) is 41.9 Å². The average Bonchev–Trinajstić information content (AvgIpc) is 3.18. The first kappa shape index (κ1) is 26.5. The summed E-state index contributed by atoms with van der Waals surface area (Å²) in [5.41, 5.74) is 0.917. The summed E-state index contributed by atoms with van der Waals surface area (Å²) in [6.45, 7) is 3.42. The van der Waals surface area contributed by atoms with Crippen LogP contribution >= 0.6 is 11.6 Å². The van der Waals surface area contributed by atoms with Crippen LogP contribution in [0.2, 0.25) is 5.02 Å². The Bertz CT molecular complexity index is 1560. The van der Waals surface area contributed by atoms with E-state index < -0.39 is 21.5 Å². The average molecular weight is 543 g/mol. The molecule has 0 spiro atoms. The van der Waals surface area contributed by atoms with Gasteiger partial charge in [0.15, 0.2) is 5.82 Å². The van der Waals surface area contributed by atoms with Crippen LogP contribution in [0.15, 0.2) is 71.6 Å². The third-order valence-corrected chi connectivity index (χ3v) is 7.20. The predicted molar refractivity (Wildman–Crippen MR) is 142 cm³/mol. The molecule has 0 radical (unpaired) electrons. The van der Waals surface area contributed by atoms with E-state index in [0.29, 0.717) is 28.2 Å². The second kappa shape index (κ2) is 10.4. The number of hydrogen-bond donors (Lipinski definition) is 3. The second-order valence-corrected chi connectivity index (χ2v) is 11.1. The minimum absolute atomic E-state index is 0.0124. The molecule has 37 heavy (non-hydrogen) atoms. The molecule has 0 unspecified atom stereocenters. The second-order valence-electron chi connectivity index (χ2n) is 8.99. The molecule has 0 saturated carbocycles. The number of anilines is 1. The lowest BCUT2D eigenvalue weighted by Crippen LogP contribution is -2.41. The topological polar surface area (TPSA) is 123 Å². The van der Waals surface area contributed by atoms with Crippen molar-refractivity contribution in [3.05, 3.63) is 82.9 Å². The quantitative estimate of drug-likeness (QED) is 0.294. The van der Waals surface area contributed by atoms with Crippen LogP contribution in [0.4, 0.5) is 5.82 Å². The molecule has 3 N–H and O–H groups in total. The molecule has 0 bridgehead atoms. The van der Waals surface area contributed by atoms with Crippen molar-refractivity contribution in [3.8, 4) is 5.75 Å². The molecule has 0 saturated heterocycles. The number of methoxy groups -OCH3 is 1. The highest BCUT2D eigenvalue weighted by Gasteiger charge is 2.24. The highest BCUT2D eigenvalue weighted by Crippen LogP contribution is 2.34. The van der Waals surface area contributed by atoms with Gasteiger partial charge in [-0.3, -0.25) is 14.2 Å². The maximum atomic E-state index is 13.1. The van der Waals surface area contributed by atoms with Gasteiger partial charge in [0.1, 0.15) is 11.4 Å². The number of hydrogen-bond acceptors (Lipinski definition) is 6. The van der Waals surface area contributed by atoms with E-state index in [2.05, 4.69) is 15.1 Å². The van der Waals surface area contributed by atoms with E-state index in [1.54, 1.807) is 28.9 Å². The number of benzene rings is 3. The molecular formula is C26H27ClN4O5S. The fourth-order valence-electron chi connectivity index (χ4n) is 3.79. The van der Waals surface area contributed by atoms with Crippen LogP contribution in [0.5, 0.6) is 5.75 Å². The summed E-state index contributed by atoms with van der Waals surface area (Å²) in [7, 11) is -2.47. The van der Waals surface area contributed by atoms with Gasteiger partial charge in [0, 0.05) is 11.6 Å². The molecule has 11 heteroatoms. The van der Waals surface area contributed by atoms with E-state index in [4.69, 9.17) is 16.3 Å². The summed E-state index contributed by atoms with van der Waals surface area (Å²) >= 11 is 6.00. The molecule has 0 aliphatic rings. The molecule has 1 amide bonds. The number of carbonyl (C=O) groups excluding carboxylic acids is 1. The molecule has 9 nitrogen and oxygen atoms in total. The fraction of sp³-hybridized carbons (Fsp3) is 0.231. The van der Waals surface area contributed by atoms with E-state index in [1.165, 1.54) is 33.1 Å². The van der Waals surface area contributed by atoms with Crippen molar-refractivity contribution >= 4 is 44.3 Å². The van der Waals surface area contributed by atoms with Crippen LogP contribution in [0.3, 0.4) is 0 Å². The van der Waals surface area contributed by atoms with Gasteiger partial charge in [0.05, 0.1) is 29.5 Å². The normalized spacial score (nSPS) is 11.9. The number of carbonyl (C=O) groups is 1. The van der Waals surface area contributed by atoms with Gasteiger partial charge in [0.25, 0.3) is 15.9 Å². The molecule has 0 aliphatic carbocycles.